The van der Waals surface area contributed by atoms with Gasteiger partial charge in [-0.25, -0.2) is 0 Å². The summed E-state index contributed by atoms with van der Waals surface area (Å²) in [5, 5.41) is 6.90. The van der Waals surface area contributed by atoms with E-state index in [0.717, 1.165) is 37.9 Å². The SMILES string of the molecule is CCC(CC)C(=O)N1CCCC2(CC(C(=O)Nc3ccccc3)=NO2)C1. The molecule has 1 unspecified atom stereocenters. The number of piperidine rings is 1. The van der Waals surface area contributed by atoms with E-state index < -0.39 is 5.60 Å². The Bertz CT molecular complexity index is 685. The fourth-order valence-corrected chi connectivity index (χ4v) is 3.77. The number of para-hydroxylation sites is 1. The van der Waals surface area contributed by atoms with Gasteiger partial charge in [0.15, 0.2) is 5.60 Å². The van der Waals surface area contributed by atoms with Crippen molar-refractivity contribution in [2.24, 2.45) is 11.1 Å². The van der Waals surface area contributed by atoms with E-state index in [4.69, 9.17) is 4.84 Å². The second kappa shape index (κ2) is 7.89. The van der Waals surface area contributed by atoms with Gasteiger partial charge in [-0.05, 0) is 37.8 Å². The third kappa shape index (κ3) is 3.89. The molecule has 1 aromatic rings. The Morgan fingerprint density at radius 2 is 2.00 bits per heavy atom. The van der Waals surface area contributed by atoms with E-state index in [0.29, 0.717) is 18.7 Å². The molecular formula is C20H27N3O3. The van der Waals surface area contributed by atoms with Crippen LogP contribution in [0.1, 0.15) is 46.0 Å². The van der Waals surface area contributed by atoms with Gasteiger partial charge in [0.25, 0.3) is 5.91 Å². The van der Waals surface area contributed by atoms with E-state index in [2.05, 4.69) is 10.5 Å². The standard InChI is InChI=1S/C20H27N3O3/c1-3-15(4-2)19(25)23-12-8-11-20(14-23)13-17(22-26-20)18(24)21-16-9-6-5-7-10-16/h5-7,9-10,15H,3-4,8,11-14H2,1-2H3,(H,21,24). The number of rotatable bonds is 5. The number of nitrogens with zero attached hydrogens (tertiary/aromatic N) is 2. The topological polar surface area (TPSA) is 71.0 Å². The molecule has 0 saturated carbocycles. The van der Waals surface area contributed by atoms with Gasteiger partial charge in [-0.1, -0.05) is 37.2 Å². The summed E-state index contributed by atoms with van der Waals surface area (Å²) in [7, 11) is 0. The monoisotopic (exact) mass is 357 g/mol. The first-order chi connectivity index (χ1) is 12.6. The van der Waals surface area contributed by atoms with Gasteiger partial charge in [0.05, 0.1) is 6.54 Å². The number of hydrogen-bond acceptors (Lipinski definition) is 4. The van der Waals surface area contributed by atoms with Crippen molar-refractivity contribution in [2.45, 2.75) is 51.6 Å². The first-order valence-corrected chi connectivity index (χ1v) is 9.47. The Morgan fingerprint density at radius 3 is 2.69 bits per heavy atom. The Morgan fingerprint density at radius 1 is 1.27 bits per heavy atom. The van der Waals surface area contributed by atoms with Crippen LogP contribution in [0.2, 0.25) is 0 Å². The summed E-state index contributed by atoms with van der Waals surface area (Å²) in [5.41, 5.74) is 0.574. The first kappa shape index (κ1) is 18.4. The van der Waals surface area contributed by atoms with E-state index in [-0.39, 0.29) is 17.7 Å². The maximum Gasteiger partial charge on any atom is 0.273 e. The van der Waals surface area contributed by atoms with Gasteiger partial charge >= 0.3 is 0 Å². The van der Waals surface area contributed by atoms with Crippen molar-refractivity contribution in [3.63, 3.8) is 0 Å². The van der Waals surface area contributed by atoms with Crippen LogP contribution < -0.4 is 5.32 Å². The molecule has 1 aromatic carbocycles. The lowest BCUT2D eigenvalue weighted by Gasteiger charge is -2.39. The van der Waals surface area contributed by atoms with Gasteiger partial charge in [-0.3, -0.25) is 9.59 Å². The lowest BCUT2D eigenvalue weighted by atomic mass is 9.87. The highest BCUT2D eigenvalue weighted by Gasteiger charge is 2.46. The fourth-order valence-electron chi connectivity index (χ4n) is 3.77. The summed E-state index contributed by atoms with van der Waals surface area (Å²) in [4.78, 5) is 32.8. The van der Waals surface area contributed by atoms with E-state index in [1.165, 1.54) is 0 Å². The van der Waals surface area contributed by atoms with Crippen molar-refractivity contribution < 1.29 is 14.4 Å². The predicted molar refractivity (Wildman–Crippen MR) is 101 cm³/mol. The van der Waals surface area contributed by atoms with Crippen LogP contribution in [0, 0.1) is 5.92 Å². The van der Waals surface area contributed by atoms with Gasteiger partial charge in [0, 0.05) is 24.6 Å². The minimum atomic E-state index is -0.552. The maximum absolute atomic E-state index is 12.7. The maximum atomic E-state index is 12.7. The molecule has 1 fully saturated rings. The third-order valence-corrected chi connectivity index (χ3v) is 5.32. The number of anilines is 1. The molecule has 0 radical (unpaired) electrons. The smallest absolute Gasteiger partial charge is 0.273 e. The van der Waals surface area contributed by atoms with E-state index in [9.17, 15) is 9.59 Å². The molecule has 0 aromatic heterocycles. The highest BCUT2D eigenvalue weighted by molar-refractivity contribution is 6.43. The van der Waals surface area contributed by atoms with Crippen molar-refractivity contribution in [1.82, 2.24) is 4.90 Å². The van der Waals surface area contributed by atoms with Gasteiger partial charge in [-0.2, -0.15) is 0 Å². The highest BCUT2D eigenvalue weighted by Crippen LogP contribution is 2.34. The minimum absolute atomic E-state index is 0.0633. The quantitative estimate of drug-likeness (QED) is 0.880. The Labute approximate surface area is 154 Å². The third-order valence-electron chi connectivity index (χ3n) is 5.32. The zero-order chi connectivity index (χ0) is 18.6. The van der Waals surface area contributed by atoms with Gasteiger partial charge in [0.1, 0.15) is 5.71 Å². The first-order valence-electron chi connectivity index (χ1n) is 9.47. The summed E-state index contributed by atoms with van der Waals surface area (Å²) < 4.78 is 0. The second-order valence-electron chi connectivity index (χ2n) is 7.19. The van der Waals surface area contributed by atoms with E-state index in [1.54, 1.807) is 0 Å². The number of likely N-dealkylation sites (tertiary alicyclic amines) is 1. The van der Waals surface area contributed by atoms with Crippen molar-refractivity contribution in [3.8, 4) is 0 Å². The van der Waals surface area contributed by atoms with Crippen LogP contribution in [-0.4, -0.2) is 41.1 Å². The average Bonchev–Trinajstić information content (AvgIpc) is 3.07. The molecule has 26 heavy (non-hydrogen) atoms. The normalized spacial score (nSPS) is 22.3. The number of carbonyl (C=O) groups excluding carboxylic acids is 2. The summed E-state index contributed by atoms with van der Waals surface area (Å²) >= 11 is 0. The van der Waals surface area contributed by atoms with E-state index in [1.807, 2.05) is 49.1 Å². The molecule has 2 heterocycles. The van der Waals surface area contributed by atoms with Gasteiger partial charge < -0.3 is 15.1 Å². The van der Waals surface area contributed by atoms with Crippen molar-refractivity contribution >= 4 is 23.2 Å². The van der Waals surface area contributed by atoms with Crippen LogP contribution in [-0.2, 0) is 14.4 Å². The molecule has 6 nitrogen and oxygen atoms in total. The lowest BCUT2D eigenvalue weighted by Crippen LogP contribution is -2.52. The number of hydrogen-bond donors (Lipinski definition) is 1. The number of carbonyl (C=O) groups is 2. The van der Waals surface area contributed by atoms with Crippen molar-refractivity contribution in [3.05, 3.63) is 30.3 Å². The molecule has 2 aliphatic heterocycles. The summed E-state index contributed by atoms with van der Waals surface area (Å²) in [6.45, 7) is 5.36. The predicted octanol–water partition coefficient (Wildman–Crippen LogP) is 3.20. The largest absolute Gasteiger partial charge is 0.386 e. The molecule has 1 saturated heterocycles. The van der Waals surface area contributed by atoms with Gasteiger partial charge in [0.2, 0.25) is 5.91 Å². The van der Waals surface area contributed by atoms with Crippen molar-refractivity contribution in [2.75, 3.05) is 18.4 Å². The number of nitrogens with one attached hydrogen (secondary N) is 1. The molecule has 1 spiro atoms. The second-order valence-corrected chi connectivity index (χ2v) is 7.19. The summed E-state index contributed by atoms with van der Waals surface area (Å²) in [6.07, 6.45) is 3.82. The summed E-state index contributed by atoms with van der Waals surface area (Å²) in [5.74, 6) is 0.0182. The Balaban J connectivity index is 1.62. The zero-order valence-electron chi connectivity index (χ0n) is 15.5. The molecule has 2 amide bonds. The van der Waals surface area contributed by atoms with Crippen LogP contribution in [0.3, 0.4) is 0 Å². The lowest BCUT2D eigenvalue weighted by molar-refractivity contribution is -0.145. The number of benzene rings is 1. The molecule has 0 aliphatic carbocycles. The molecule has 1 N–H and O–H groups in total. The van der Waals surface area contributed by atoms with Gasteiger partial charge in [-0.15, -0.1) is 0 Å². The van der Waals surface area contributed by atoms with Crippen LogP contribution >= 0.6 is 0 Å². The summed E-state index contributed by atoms with van der Waals surface area (Å²) in [6, 6.07) is 9.30. The fraction of sp³-hybridized carbons (Fsp3) is 0.550. The van der Waals surface area contributed by atoms with Crippen molar-refractivity contribution in [1.29, 1.82) is 0 Å². The molecular weight excluding hydrogens is 330 g/mol. The average molecular weight is 357 g/mol. The molecule has 6 heteroatoms. The number of oxime groups is 1. The molecule has 3 rings (SSSR count). The molecule has 1 atom stereocenters. The molecule has 2 aliphatic rings. The highest BCUT2D eigenvalue weighted by atomic mass is 16.7. The van der Waals surface area contributed by atoms with Crippen LogP contribution in [0.25, 0.3) is 0 Å². The zero-order valence-corrected chi connectivity index (χ0v) is 15.5. The van der Waals surface area contributed by atoms with E-state index >= 15 is 0 Å². The molecule has 0 bridgehead atoms. The molecule has 140 valence electrons. The minimum Gasteiger partial charge on any atom is -0.386 e. The Kier molecular flexibility index (Phi) is 5.59. The van der Waals surface area contributed by atoms with Crippen LogP contribution in [0.5, 0.6) is 0 Å². The van der Waals surface area contributed by atoms with Crippen LogP contribution in [0.15, 0.2) is 35.5 Å². The Hall–Kier alpha value is -2.37. The number of amides is 2. The van der Waals surface area contributed by atoms with Crippen LogP contribution in [0.4, 0.5) is 5.69 Å².